The fourth-order valence-corrected chi connectivity index (χ4v) is 2.65. The van der Waals surface area contributed by atoms with Gasteiger partial charge in [-0.25, -0.2) is 4.39 Å². The first-order chi connectivity index (χ1) is 9.03. The average molecular weight is 311 g/mol. The standard InChI is InChI=1S/C12H13F4NO2S/c1-7-4-9(13)8(11(18)17(2)3)5-10(7)20(19)6-12(14,15)16/h4-5H,6H2,1-3H3. The van der Waals surface area contributed by atoms with Gasteiger partial charge in [-0.2, -0.15) is 13.2 Å². The molecule has 0 radical (unpaired) electrons. The van der Waals surface area contributed by atoms with Crippen molar-refractivity contribution >= 4 is 17.1 Å². The molecule has 0 saturated heterocycles. The summed E-state index contributed by atoms with van der Waals surface area (Å²) in [4.78, 5) is 12.6. The van der Waals surface area contributed by atoms with Crippen molar-refractivity contribution in [3.8, 4) is 0 Å². The van der Waals surface area contributed by atoms with E-state index >= 15 is 0 Å². The first-order valence-electron chi connectivity index (χ1n) is 5.50. The van der Waals surface area contributed by atoms with Crippen molar-refractivity contribution in [1.82, 2.24) is 4.90 Å². The van der Waals surface area contributed by atoms with E-state index < -0.39 is 40.4 Å². The lowest BCUT2D eigenvalue weighted by Gasteiger charge is -2.17. The minimum absolute atomic E-state index is 0.111. The second kappa shape index (κ2) is 6.01. The van der Waals surface area contributed by atoms with Crippen molar-refractivity contribution in [2.75, 3.05) is 19.8 Å². The zero-order chi connectivity index (χ0) is 15.7. The summed E-state index contributed by atoms with van der Waals surface area (Å²) in [5.41, 5.74) is -0.286. The topological polar surface area (TPSA) is 43.4 Å². The Hall–Kier alpha value is -1.28. The molecule has 1 aromatic rings. The Labute approximate surface area is 116 Å². The number of hydrogen-bond acceptors (Lipinski definition) is 2. The van der Waals surface area contributed by atoms with Crippen LogP contribution in [0.4, 0.5) is 17.6 Å². The maximum Gasteiger partial charge on any atom is 0.433 e. The Kier molecular flexibility index (Phi) is 5.04. The van der Waals surface area contributed by atoms with Crippen LogP contribution in [0.5, 0.6) is 0 Å². The predicted octanol–water partition coefficient (Wildman–Crippen LogP) is 2.51. The second-order valence-corrected chi connectivity index (χ2v) is 5.82. The maximum atomic E-state index is 13.7. The zero-order valence-electron chi connectivity index (χ0n) is 11.0. The van der Waals surface area contributed by atoms with E-state index in [1.54, 1.807) is 0 Å². The zero-order valence-corrected chi connectivity index (χ0v) is 11.9. The minimum Gasteiger partial charge on any atom is -0.611 e. The van der Waals surface area contributed by atoms with E-state index in [0.717, 1.165) is 17.0 Å². The van der Waals surface area contributed by atoms with Crippen LogP contribution in [-0.2, 0) is 11.2 Å². The molecule has 0 fully saturated rings. The summed E-state index contributed by atoms with van der Waals surface area (Å²) in [5.74, 6) is -3.09. The molecule has 3 nitrogen and oxygen atoms in total. The molecule has 8 heteroatoms. The molecule has 1 atom stereocenters. The molecule has 0 aliphatic rings. The molecule has 112 valence electrons. The summed E-state index contributed by atoms with van der Waals surface area (Å²) in [6.07, 6.45) is -4.60. The van der Waals surface area contributed by atoms with Gasteiger partial charge < -0.3 is 9.45 Å². The van der Waals surface area contributed by atoms with Crippen molar-refractivity contribution in [2.24, 2.45) is 0 Å². The molecule has 0 heterocycles. The van der Waals surface area contributed by atoms with E-state index in [4.69, 9.17) is 0 Å². The summed E-state index contributed by atoms with van der Waals surface area (Å²) < 4.78 is 62.1. The highest BCUT2D eigenvalue weighted by atomic mass is 32.2. The van der Waals surface area contributed by atoms with Gasteiger partial charge in [-0.3, -0.25) is 4.79 Å². The molecule has 1 amide bonds. The van der Waals surface area contributed by atoms with Crippen molar-refractivity contribution < 1.29 is 26.9 Å². The van der Waals surface area contributed by atoms with Gasteiger partial charge in [0.05, 0.1) is 5.56 Å². The molecular formula is C12H13F4NO2S. The van der Waals surface area contributed by atoms with Gasteiger partial charge in [0.2, 0.25) is 5.75 Å². The van der Waals surface area contributed by atoms with Crippen LogP contribution >= 0.6 is 0 Å². The fraction of sp³-hybridized carbons (Fsp3) is 0.417. The van der Waals surface area contributed by atoms with Crippen molar-refractivity contribution in [2.45, 2.75) is 18.0 Å². The number of carbonyl (C=O) groups is 1. The fourth-order valence-electron chi connectivity index (χ4n) is 1.53. The Morgan fingerprint density at radius 1 is 1.35 bits per heavy atom. The number of benzene rings is 1. The molecule has 0 spiro atoms. The van der Waals surface area contributed by atoms with Gasteiger partial charge in [0.25, 0.3) is 5.91 Å². The highest BCUT2D eigenvalue weighted by molar-refractivity contribution is 7.91. The summed E-state index contributed by atoms with van der Waals surface area (Å²) in [5, 5.41) is 0. The van der Waals surface area contributed by atoms with Gasteiger partial charge in [-0.05, 0) is 24.2 Å². The molecule has 0 aromatic heterocycles. The first-order valence-corrected chi connectivity index (χ1v) is 6.81. The van der Waals surface area contributed by atoms with Crippen molar-refractivity contribution in [3.63, 3.8) is 0 Å². The Morgan fingerprint density at radius 3 is 2.35 bits per heavy atom. The molecule has 1 unspecified atom stereocenters. The van der Waals surface area contributed by atoms with Crippen molar-refractivity contribution in [3.05, 3.63) is 29.1 Å². The maximum absolute atomic E-state index is 13.7. The number of nitrogens with zero attached hydrogens (tertiary/aromatic N) is 1. The van der Waals surface area contributed by atoms with E-state index in [-0.39, 0.29) is 10.5 Å². The minimum atomic E-state index is -4.60. The smallest absolute Gasteiger partial charge is 0.433 e. The molecule has 0 saturated carbocycles. The van der Waals surface area contributed by atoms with Crippen LogP contribution in [-0.4, -0.2) is 41.4 Å². The van der Waals surface area contributed by atoms with Crippen molar-refractivity contribution in [1.29, 1.82) is 0 Å². The van der Waals surface area contributed by atoms with Gasteiger partial charge >= 0.3 is 6.18 Å². The largest absolute Gasteiger partial charge is 0.611 e. The molecule has 0 N–H and O–H groups in total. The summed E-state index contributed by atoms with van der Waals surface area (Å²) in [6, 6.07) is 1.84. The van der Waals surface area contributed by atoms with Gasteiger partial charge in [0.15, 0.2) is 4.90 Å². The van der Waals surface area contributed by atoms with Crippen LogP contribution in [0.2, 0.25) is 0 Å². The number of hydrogen-bond donors (Lipinski definition) is 0. The van der Waals surface area contributed by atoms with E-state index in [1.165, 1.54) is 21.0 Å². The summed E-state index contributed by atoms with van der Waals surface area (Å²) in [7, 11) is 2.77. The Bertz CT molecular complexity index is 517. The molecule has 0 aliphatic heterocycles. The molecule has 0 bridgehead atoms. The second-order valence-electron chi connectivity index (χ2n) is 4.40. The van der Waals surface area contributed by atoms with E-state index in [2.05, 4.69) is 0 Å². The van der Waals surface area contributed by atoms with E-state index in [9.17, 15) is 26.9 Å². The number of alkyl halides is 3. The van der Waals surface area contributed by atoms with Gasteiger partial charge in [0, 0.05) is 25.7 Å². The van der Waals surface area contributed by atoms with Crippen LogP contribution < -0.4 is 0 Å². The lowest BCUT2D eigenvalue weighted by Crippen LogP contribution is -2.26. The van der Waals surface area contributed by atoms with Crippen LogP contribution in [0.25, 0.3) is 0 Å². The number of aryl methyl sites for hydroxylation is 1. The SMILES string of the molecule is Cc1cc(F)c(C(=O)N(C)C)cc1[S+]([O-])CC(F)(F)F. The summed E-state index contributed by atoms with van der Waals surface area (Å²) >= 11 is -2.38. The Balaban J connectivity index is 3.21. The molecule has 1 rings (SSSR count). The number of amides is 1. The molecule has 20 heavy (non-hydrogen) atoms. The molecule has 0 aliphatic carbocycles. The van der Waals surface area contributed by atoms with Crippen LogP contribution in [0.15, 0.2) is 17.0 Å². The van der Waals surface area contributed by atoms with E-state index in [1.807, 2.05) is 0 Å². The van der Waals surface area contributed by atoms with Crippen LogP contribution in [0.1, 0.15) is 15.9 Å². The van der Waals surface area contributed by atoms with Crippen LogP contribution in [0, 0.1) is 12.7 Å². The number of halogens is 4. The Morgan fingerprint density at radius 2 is 1.90 bits per heavy atom. The van der Waals surface area contributed by atoms with Crippen LogP contribution in [0.3, 0.4) is 0 Å². The third-order valence-corrected chi connectivity index (χ3v) is 3.96. The van der Waals surface area contributed by atoms with Gasteiger partial charge in [-0.15, -0.1) is 0 Å². The number of carbonyl (C=O) groups excluding carboxylic acids is 1. The summed E-state index contributed by atoms with van der Waals surface area (Å²) in [6.45, 7) is 1.34. The molecule has 1 aromatic carbocycles. The number of rotatable bonds is 3. The van der Waals surface area contributed by atoms with E-state index in [0.29, 0.717) is 0 Å². The first kappa shape index (κ1) is 16.8. The highest BCUT2D eigenvalue weighted by Crippen LogP contribution is 2.26. The monoisotopic (exact) mass is 311 g/mol. The van der Waals surface area contributed by atoms with Gasteiger partial charge in [-0.1, -0.05) is 0 Å². The molecular weight excluding hydrogens is 298 g/mol. The highest BCUT2D eigenvalue weighted by Gasteiger charge is 2.36. The van der Waals surface area contributed by atoms with Gasteiger partial charge in [0.1, 0.15) is 5.82 Å². The lowest BCUT2D eigenvalue weighted by molar-refractivity contribution is -0.106. The third kappa shape index (κ3) is 4.11. The normalized spacial score (nSPS) is 13.2. The third-order valence-electron chi connectivity index (χ3n) is 2.44. The average Bonchev–Trinajstić information content (AvgIpc) is 2.25. The lowest BCUT2D eigenvalue weighted by atomic mass is 10.1. The predicted molar refractivity (Wildman–Crippen MR) is 66.5 cm³/mol. The quantitative estimate of drug-likeness (QED) is 0.636.